The fourth-order valence-electron chi connectivity index (χ4n) is 5.96. The predicted molar refractivity (Wildman–Crippen MR) is 218 cm³/mol. The zero-order chi connectivity index (χ0) is 37.3. The Labute approximate surface area is 315 Å². The highest BCUT2D eigenvalue weighted by atomic mass is 16.5. The normalized spacial score (nSPS) is 13.3. The van der Waals surface area contributed by atoms with Gasteiger partial charge in [0.15, 0.2) is 0 Å². The van der Waals surface area contributed by atoms with Gasteiger partial charge < -0.3 is 20.3 Å². The molecule has 1 amide bonds. The Kier molecular flexibility index (Phi) is 38.9. The lowest BCUT2D eigenvalue weighted by molar-refractivity contribution is -0.143. The van der Waals surface area contributed by atoms with Crippen LogP contribution >= 0.6 is 0 Å². The number of hydrogen-bond acceptors (Lipinski definition) is 5. The summed E-state index contributed by atoms with van der Waals surface area (Å²) in [7, 11) is 0. The first-order valence-electron chi connectivity index (χ1n) is 21.4. The van der Waals surface area contributed by atoms with Crippen molar-refractivity contribution in [2.45, 2.75) is 212 Å². The third kappa shape index (κ3) is 37.4. The van der Waals surface area contributed by atoms with Crippen molar-refractivity contribution in [2.75, 3.05) is 13.2 Å². The van der Waals surface area contributed by atoms with Crippen LogP contribution in [-0.4, -0.2) is 47.4 Å². The van der Waals surface area contributed by atoms with E-state index in [-0.39, 0.29) is 18.5 Å². The number of esters is 1. The number of carbonyl (C=O) groups is 2. The molecule has 0 aliphatic heterocycles. The summed E-state index contributed by atoms with van der Waals surface area (Å²) in [4.78, 5) is 24.3. The Morgan fingerprint density at radius 2 is 1.04 bits per heavy atom. The summed E-state index contributed by atoms with van der Waals surface area (Å²) in [5, 5.41) is 22.9. The summed E-state index contributed by atoms with van der Waals surface area (Å²) < 4.78 is 5.40. The highest BCUT2D eigenvalue weighted by Gasteiger charge is 2.17. The van der Waals surface area contributed by atoms with Crippen LogP contribution in [0.4, 0.5) is 0 Å². The van der Waals surface area contributed by atoms with Crippen LogP contribution in [0.25, 0.3) is 0 Å². The molecule has 296 valence electrons. The number of rotatable bonds is 38. The maximum Gasteiger partial charge on any atom is 0.305 e. The third-order valence-electron chi connectivity index (χ3n) is 9.29. The molecule has 3 N–H and O–H groups in total. The van der Waals surface area contributed by atoms with Crippen LogP contribution in [0.5, 0.6) is 0 Å². The number of allylic oxidation sites excluding steroid dienone is 7. The SMILES string of the molecule is CCC/C=C\C/C=C\CCCCCCCC(=O)OCCCCCC/C=C\CCCC(=O)NC(CO)C(O)/C=C/CCCCCCCCCCCC. The molecule has 0 aliphatic carbocycles. The minimum absolute atomic E-state index is 0.0552. The first-order chi connectivity index (χ1) is 25.0. The van der Waals surface area contributed by atoms with Gasteiger partial charge in [-0.15, -0.1) is 0 Å². The molecule has 0 aromatic carbocycles. The van der Waals surface area contributed by atoms with Gasteiger partial charge in [0.1, 0.15) is 0 Å². The van der Waals surface area contributed by atoms with Crippen LogP contribution in [0.1, 0.15) is 200 Å². The van der Waals surface area contributed by atoms with Crippen molar-refractivity contribution >= 4 is 11.9 Å². The van der Waals surface area contributed by atoms with Gasteiger partial charge in [0.2, 0.25) is 5.91 Å². The molecule has 0 saturated carbocycles. The predicted octanol–water partition coefficient (Wildman–Crippen LogP) is 11.9. The molecule has 0 heterocycles. The molecule has 0 aliphatic rings. The molecule has 0 radical (unpaired) electrons. The molecule has 0 rings (SSSR count). The Morgan fingerprint density at radius 3 is 1.63 bits per heavy atom. The number of hydrogen-bond donors (Lipinski definition) is 3. The number of aliphatic hydroxyl groups excluding tert-OH is 2. The van der Waals surface area contributed by atoms with Gasteiger partial charge in [-0.3, -0.25) is 9.59 Å². The molecule has 51 heavy (non-hydrogen) atoms. The molecule has 6 nitrogen and oxygen atoms in total. The first-order valence-corrected chi connectivity index (χ1v) is 21.4. The molecule has 2 atom stereocenters. The molecule has 6 heteroatoms. The van der Waals surface area contributed by atoms with Gasteiger partial charge in [0.25, 0.3) is 0 Å². The quantitative estimate of drug-likeness (QED) is 0.0336. The zero-order valence-corrected chi connectivity index (χ0v) is 33.3. The summed E-state index contributed by atoms with van der Waals surface area (Å²) in [6.45, 7) is 4.70. The molecular weight excluding hydrogens is 634 g/mol. The Hall–Kier alpha value is -2.18. The topological polar surface area (TPSA) is 95.9 Å². The molecule has 0 spiro atoms. The number of carbonyl (C=O) groups excluding carboxylic acids is 2. The second-order valence-electron chi connectivity index (χ2n) is 14.3. The van der Waals surface area contributed by atoms with Crippen molar-refractivity contribution in [2.24, 2.45) is 0 Å². The highest BCUT2D eigenvalue weighted by Crippen LogP contribution is 2.13. The van der Waals surface area contributed by atoms with Gasteiger partial charge in [-0.1, -0.05) is 159 Å². The molecule has 2 unspecified atom stereocenters. The number of nitrogens with one attached hydrogen (secondary N) is 1. The van der Waals surface area contributed by atoms with E-state index in [2.05, 4.69) is 55.6 Å². The lowest BCUT2D eigenvalue weighted by atomic mass is 10.1. The molecule has 0 bridgehead atoms. The van der Waals surface area contributed by atoms with Gasteiger partial charge in [0.05, 0.1) is 25.4 Å². The lowest BCUT2D eigenvalue weighted by Crippen LogP contribution is -2.45. The van der Waals surface area contributed by atoms with Gasteiger partial charge in [-0.05, 0) is 77.0 Å². The van der Waals surface area contributed by atoms with Gasteiger partial charge in [0, 0.05) is 12.8 Å². The maximum atomic E-state index is 12.3. The van der Waals surface area contributed by atoms with Gasteiger partial charge in [-0.25, -0.2) is 0 Å². The molecule has 0 fully saturated rings. The summed E-state index contributed by atoms with van der Waals surface area (Å²) >= 11 is 0. The first kappa shape index (κ1) is 48.8. The molecule has 0 saturated heterocycles. The van der Waals surface area contributed by atoms with Crippen molar-refractivity contribution in [3.05, 3.63) is 48.6 Å². The fourth-order valence-corrected chi connectivity index (χ4v) is 5.96. The van der Waals surface area contributed by atoms with E-state index in [9.17, 15) is 19.8 Å². The summed E-state index contributed by atoms with van der Waals surface area (Å²) in [6.07, 6.45) is 48.1. The minimum atomic E-state index is -0.875. The minimum Gasteiger partial charge on any atom is -0.466 e. The Morgan fingerprint density at radius 1 is 0.549 bits per heavy atom. The van der Waals surface area contributed by atoms with E-state index in [1.807, 2.05) is 6.08 Å². The maximum absolute atomic E-state index is 12.3. The van der Waals surface area contributed by atoms with Crippen LogP contribution < -0.4 is 5.32 Å². The standard InChI is InChI=1S/C45H81NO5/c1-3-5-7-9-11-13-15-17-19-23-27-31-35-39-45(50)51-40-36-32-28-24-20-22-26-30-34-38-44(49)46-42(41-47)43(48)37-33-29-25-21-18-16-14-12-10-8-6-4-2/h7,9,13,15,22,26,33,37,42-43,47-48H,3-6,8,10-12,14,16-21,23-25,27-32,34-36,38-41H2,1-2H3,(H,46,49)/b9-7-,15-13-,26-22-,37-33+. The highest BCUT2D eigenvalue weighted by molar-refractivity contribution is 5.76. The van der Waals surface area contributed by atoms with Gasteiger partial charge in [-0.2, -0.15) is 0 Å². The lowest BCUT2D eigenvalue weighted by Gasteiger charge is -2.19. The van der Waals surface area contributed by atoms with Crippen LogP contribution in [0.3, 0.4) is 0 Å². The van der Waals surface area contributed by atoms with Crippen molar-refractivity contribution in [3.8, 4) is 0 Å². The number of unbranched alkanes of at least 4 members (excludes halogenated alkanes) is 21. The molecular formula is C45H81NO5. The van der Waals surface area contributed by atoms with Crippen molar-refractivity contribution in [1.82, 2.24) is 5.32 Å². The number of aliphatic hydroxyl groups is 2. The van der Waals surface area contributed by atoms with Crippen molar-refractivity contribution < 1.29 is 24.5 Å². The number of amides is 1. The Balaban J connectivity index is 3.63. The van der Waals surface area contributed by atoms with E-state index in [1.54, 1.807) is 6.08 Å². The molecule has 0 aromatic rings. The van der Waals surface area contributed by atoms with E-state index in [1.165, 1.54) is 89.9 Å². The van der Waals surface area contributed by atoms with Gasteiger partial charge >= 0.3 is 5.97 Å². The average Bonchev–Trinajstić information content (AvgIpc) is 3.13. The van der Waals surface area contributed by atoms with Crippen LogP contribution in [0.15, 0.2) is 48.6 Å². The van der Waals surface area contributed by atoms with Crippen LogP contribution in [-0.2, 0) is 14.3 Å². The van der Waals surface area contributed by atoms with Crippen LogP contribution in [0.2, 0.25) is 0 Å². The second kappa shape index (κ2) is 40.6. The second-order valence-corrected chi connectivity index (χ2v) is 14.3. The largest absolute Gasteiger partial charge is 0.466 e. The van der Waals surface area contributed by atoms with Crippen molar-refractivity contribution in [1.29, 1.82) is 0 Å². The van der Waals surface area contributed by atoms with E-state index >= 15 is 0 Å². The fraction of sp³-hybridized carbons (Fsp3) is 0.778. The van der Waals surface area contributed by atoms with Crippen molar-refractivity contribution in [3.63, 3.8) is 0 Å². The summed E-state index contributed by atoms with van der Waals surface area (Å²) in [5.74, 6) is -0.189. The summed E-state index contributed by atoms with van der Waals surface area (Å²) in [6, 6.07) is -0.665. The average molecular weight is 716 g/mol. The third-order valence-corrected chi connectivity index (χ3v) is 9.29. The van der Waals surface area contributed by atoms with Crippen LogP contribution in [0, 0.1) is 0 Å². The number of ether oxygens (including phenoxy) is 1. The Bertz CT molecular complexity index is 880. The monoisotopic (exact) mass is 716 g/mol. The van der Waals surface area contributed by atoms with E-state index in [0.717, 1.165) is 83.5 Å². The smallest absolute Gasteiger partial charge is 0.305 e. The van der Waals surface area contributed by atoms with E-state index in [4.69, 9.17) is 4.74 Å². The van der Waals surface area contributed by atoms with E-state index in [0.29, 0.717) is 19.4 Å². The molecule has 0 aromatic heterocycles. The zero-order valence-electron chi connectivity index (χ0n) is 33.3. The van der Waals surface area contributed by atoms with E-state index < -0.39 is 12.1 Å². The summed E-state index contributed by atoms with van der Waals surface area (Å²) in [5.41, 5.74) is 0.